The molecule has 0 amide bonds. The van der Waals surface area contributed by atoms with Gasteiger partial charge in [0.15, 0.2) is 0 Å². The molecule has 0 spiro atoms. The molecule has 0 saturated heterocycles. The van der Waals surface area contributed by atoms with E-state index >= 15 is 0 Å². The molecule has 3 atom stereocenters. The smallest absolute Gasteiger partial charge is 0.245 e. The van der Waals surface area contributed by atoms with E-state index in [2.05, 4.69) is 25.6 Å². The van der Waals surface area contributed by atoms with Crippen molar-refractivity contribution in [2.24, 2.45) is 7.05 Å². The van der Waals surface area contributed by atoms with Crippen LogP contribution in [-0.4, -0.2) is 62.4 Å². The van der Waals surface area contributed by atoms with E-state index in [1.807, 2.05) is 33.4 Å². The number of nitrogens with zero attached hydrogens (tertiary/aromatic N) is 6. The Morgan fingerprint density at radius 2 is 2.03 bits per heavy atom. The van der Waals surface area contributed by atoms with Crippen LogP contribution in [0.25, 0.3) is 22.4 Å². The van der Waals surface area contributed by atoms with Crippen LogP contribution >= 0.6 is 0 Å². The molecular formula is C22H28FN7O. The van der Waals surface area contributed by atoms with E-state index in [0.717, 1.165) is 24.0 Å². The predicted octanol–water partition coefficient (Wildman–Crippen LogP) is 2.95. The molecule has 2 aromatic heterocycles. The van der Waals surface area contributed by atoms with Gasteiger partial charge in [-0.15, -0.1) is 10.2 Å². The van der Waals surface area contributed by atoms with Gasteiger partial charge in [-0.05, 0) is 50.4 Å². The summed E-state index contributed by atoms with van der Waals surface area (Å²) >= 11 is 0. The molecule has 0 radical (unpaired) electrons. The van der Waals surface area contributed by atoms with Gasteiger partial charge in [0.25, 0.3) is 0 Å². The van der Waals surface area contributed by atoms with Crippen LogP contribution in [0.5, 0.6) is 5.75 Å². The second kappa shape index (κ2) is 8.97. The Morgan fingerprint density at radius 1 is 1.19 bits per heavy atom. The molecule has 31 heavy (non-hydrogen) atoms. The quantitative estimate of drug-likeness (QED) is 0.607. The lowest BCUT2D eigenvalue weighted by Gasteiger charge is -2.31. The lowest BCUT2D eigenvalue weighted by Crippen LogP contribution is -2.43. The first kappa shape index (κ1) is 21.2. The van der Waals surface area contributed by atoms with E-state index in [1.165, 1.54) is 0 Å². The molecule has 0 bridgehead atoms. The minimum atomic E-state index is -0.935. The van der Waals surface area contributed by atoms with Crippen molar-refractivity contribution < 1.29 is 9.50 Å². The van der Waals surface area contributed by atoms with E-state index in [0.29, 0.717) is 30.0 Å². The van der Waals surface area contributed by atoms with Crippen LogP contribution in [-0.2, 0) is 7.05 Å². The highest BCUT2D eigenvalue weighted by Gasteiger charge is 2.32. The molecule has 9 heteroatoms. The zero-order valence-electron chi connectivity index (χ0n) is 18.0. The summed E-state index contributed by atoms with van der Waals surface area (Å²) in [6.45, 7) is 0. The summed E-state index contributed by atoms with van der Waals surface area (Å²) in [5.41, 5.74) is 2.76. The highest BCUT2D eigenvalue weighted by Crippen LogP contribution is 2.32. The molecule has 0 aliphatic heterocycles. The van der Waals surface area contributed by atoms with Crippen molar-refractivity contribution in [2.75, 3.05) is 19.0 Å². The Bertz CT molecular complexity index is 1020. The summed E-state index contributed by atoms with van der Waals surface area (Å²) in [6.07, 6.45) is 7.31. The Hall–Kier alpha value is -3.07. The average Bonchev–Trinajstić information content (AvgIpc) is 3.12. The second-order valence-corrected chi connectivity index (χ2v) is 8.12. The maximum absolute atomic E-state index is 14.7. The van der Waals surface area contributed by atoms with Crippen molar-refractivity contribution in [1.29, 1.82) is 0 Å². The monoisotopic (exact) mass is 425 g/mol. The molecule has 1 aliphatic carbocycles. The topological polar surface area (TPSA) is 92.0 Å². The van der Waals surface area contributed by atoms with Crippen molar-refractivity contribution in [3.8, 4) is 28.1 Å². The van der Waals surface area contributed by atoms with Crippen LogP contribution in [0.15, 0.2) is 36.8 Å². The number of hydrogen-bond acceptors (Lipinski definition) is 7. The average molecular weight is 426 g/mol. The van der Waals surface area contributed by atoms with E-state index in [-0.39, 0.29) is 17.8 Å². The maximum atomic E-state index is 14.7. The van der Waals surface area contributed by atoms with Crippen LogP contribution < -0.4 is 10.2 Å². The largest absolute Gasteiger partial charge is 0.507 e. The standard InChI is InChI=1S/C22H28FN7O/c1-24-16-5-4-6-18(23)20(10-16)30(3)22-25-12-19(27-28-22)17-8-7-14(9-21(17)31)15-11-26-29(2)13-15/h7-9,11-13,16,18,20,24,31H,4-6,10H2,1-3H3/t16-,18+,20-/m0/s1. The number of aromatic nitrogens is 5. The molecular weight excluding hydrogens is 397 g/mol. The Kier molecular flexibility index (Phi) is 6.13. The minimum Gasteiger partial charge on any atom is -0.507 e. The van der Waals surface area contributed by atoms with E-state index in [9.17, 15) is 9.50 Å². The number of phenols is 1. The third kappa shape index (κ3) is 4.51. The number of hydrogen-bond donors (Lipinski definition) is 2. The van der Waals surface area contributed by atoms with Gasteiger partial charge >= 0.3 is 0 Å². The fraction of sp³-hybridized carbons (Fsp3) is 0.455. The fourth-order valence-corrected chi connectivity index (χ4v) is 4.17. The molecule has 1 saturated carbocycles. The van der Waals surface area contributed by atoms with E-state index in [4.69, 9.17) is 0 Å². The molecule has 2 heterocycles. The number of phenolic OH excluding ortho intramolecular Hbond substituents is 1. The van der Waals surface area contributed by atoms with Gasteiger partial charge in [-0.2, -0.15) is 5.10 Å². The first-order chi connectivity index (χ1) is 15.0. The number of aryl methyl sites for hydroxylation is 1. The molecule has 2 N–H and O–H groups in total. The number of halogens is 1. The maximum Gasteiger partial charge on any atom is 0.245 e. The van der Waals surface area contributed by atoms with Crippen LogP contribution in [0.2, 0.25) is 0 Å². The summed E-state index contributed by atoms with van der Waals surface area (Å²) in [6, 6.07) is 5.32. The Morgan fingerprint density at radius 3 is 2.68 bits per heavy atom. The molecule has 1 fully saturated rings. The molecule has 164 valence electrons. The molecule has 3 aromatic rings. The van der Waals surface area contributed by atoms with Crippen molar-refractivity contribution in [3.63, 3.8) is 0 Å². The van der Waals surface area contributed by atoms with Gasteiger partial charge in [-0.1, -0.05) is 6.07 Å². The number of nitrogens with one attached hydrogen (secondary N) is 1. The summed E-state index contributed by atoms with van der Waals surface area (Å²) in [5.74, 6) is 0.461. The zero-order chi connectivity index (χ0) is 22.0. The minimum absolute atomic E-state index is 0.0861. The summed E-state index contributed by atoms with van der Waals surface area (Å²) < 4.78 is 16.5. The first-order valence-corrected chi connectivity index (χ1v) is 10.5. The molecule has 1 aliphatic rings. The number of alkyl halides is 1. The lowest BCUT2D eigenvalue weighted by atomic mass is 10.0. The van der Waals surface area contributed by atoms with Gasteiger partial charge in [0, 0.05) is 37.5 Å². The highest BCUT2D eigenvalue weighted by atomic mass is 19.1. The van der Waals surface area contributed by atoms with Crippen molar-refractivity contribution >= 4 is 5.95 Å². The van der Waals surface area contributed by atoms with Crippen LogP contribution in [0.4, 0.5) is 10.3 Å². The number of benzene rings is 1. The third-order valence-corrected chi connectivity index (χ3v) is 6.06. The molecule has 8 nitrogen and oxygen atoms in total. The SMILES string of the molecule is CN[C@H]1CCC[C@@H](F)[C@@H](N(C)c2ncc(-c3ccc(-c4cnn(C)c4)cc3O)nn2)C1. The van der Waals surface area contributed by atoms with Crippen LogP contribution in [0, 0.1) is 0 Å². The van der Waals surface area contributed by atoms with Gasteiger partial charge in [0.2, 0.25) is 5.95 Å². The highest BCUT2D eigenvalue weighted by molar-refractivity contribution is 5.73. The zero-order valence-corrected chi connectivity index (χ0v) is 18.0. The van der Waals surface area contributed by atoms with Gasteiger partial charge in [0.1, 0.15) is 17.6 Å². The normalized spacial score (nSPS) is 21.6. The Labute approximate surface area is 181 Å². The lowest BCUT2D eigenvalue weighted by molar-refractivity contribution is 0.257. The summed E-state index contributed by atoms with van der Waals surface area (Å²) in [4.78, 5) is 6.19. The van der Waals surface area contributed by atoms with Gasteiger partial charge in [-0.3, -0.25) is 4.68 Å². The van der Waals surface area contributed by atoms with Crippen molar-refractivity contribution in [2.45, 2.75) is 43.9 Å². The van der Waals surface area contributed by atoms with Crippen molar-refractivity contribution in [3.05, 3.63) is 36.8 Å². The van der Waals surface area contributed by atoms with Crippen molar-refractivity contribution in [1.82, 2.24) is 30.3 Å². The number of aromatic hydroxyl groups is 1. The summed E-state index contributed by atoms with van der Waals surface area (Å²) in [7, 11) is 5.57. The second-order valence-electron chi connectivity index (χ2n) is 8.12. The predicted molar refractivity (Wildman–Crippen MR) is 118 cm³/mol. The molecule has 0 unspecified atom stereocenters. The molecule has 4 rings (SSSR count). The first-order valence-electron chi connectivity index (χ1n) is 10.5. The van der Waals surface area contributed by atoms with Gasteiger partial charge < -0.3 is 15.3 Å². The van der Waals surface area contributed by atoms with Gasteiger partial charge in [-0.25, -0.2) is 9.37 Å². The number of anilines is 1. The van der Waals surface area contributed by atoms with Crippen LogP contribution in [0.1, 0.15) is 25.7 Å². The van der Waals surface area contributed by atoms with E-state index < -0.39 is 6.17 Å². The van der Waals surface area contributed by atoms with Crippen LogP contribution in [0.3, 0.4) is 0 Å². The fourth-order valence-electron chi connectivity index (χ4n) is 4.17. The third-order valence-electron chi connectivity index (χ3n) is 6.06. The number of rotatable bonds is 5. The van der Waals surface area contributed by atoms with E-state index in [1.54, 1.807) is 34.1 Å². The molecule has 1 aromatic carbocycles. The summed E-state index contributed by atoms with van der Waals surface area (Å²) in [5, 5.41) is 26.4. The van der Waals surface area contributed by atoms with Gasteiger partial charge in [0.05, 0.1) is 18.4 Å². The Balaban J connectivity index is 1.53.